The lowest BCUT2D eigenvalue weighted by Gasteiger charge is -2.61. The molecular formula is C64H48N6. The van der Waals surface area contributed by atoms with Gasteiger partial charge in [0, 0.05) is 38.8 Å². The lowest BCUT2D eigenvalue weighted by Crippen LogP contribution is -2.55. The van der Waals surface area contributed by atoms with E-state index < -0.39 is 0 Å². The van der Waals surface area contributed by atoms with E-state index in [1.165, 1.54) is 65.5 Å². The molecule has 70 heavy (non-hydrogen) atoms. The van der Waals surface area contributed by atoms with Crippen LogP contribution in [0.3, 0.4) is 0 Å². The third-order valence-electron chi connectivity index (χ3n) is 16.0. The van der Waals surface area contributed by atoms with Crippen molar-refractivity contribution in [3.63, 3.8) is 0 Å². The van der Waals surface area contributed by atoms with E-state index in [2.05, 4.69) is 133 Å². The van der Waals surface area contributed by atoms with Crippen LogP contribution in [0.25, 0.3) is 102 Å². The number of hydrogen-bond donors (Lipinski definition) is 0. The Morgan fingerprint density at radius 1 is 0.257 bits per heavy atom. The Bertz CT molecular complexity index is 3450. The van der Waals surface area contributed by atoms with Gasteiger partial charge in [0.05, 0.1) is 0 Å². The van der Waals surface area contributed by atoms with Crippen LogP contribution < -0.4 is 0 Å². The summed E-state index contributed by atoms with van der Waals surface area (Å²) in [6.45, 7) is 0. The topological polar surface area (TPSA) is 77.3 Å². The molecular weight excluding hydrogens is 853 g/mol. The van der Waals surface area contributed by atoms with Crippen molar-refractivity contribution in [3.8, 4) is 102 Å². The van der Waals surface area contributed by atoms with Gasteiger partial charge in [0.15, 0.2) is 34.9 Å². The van der Waals surface area contributed by atoms with Crippen LogP contribution in [0.2, 0.25) is 0 Å². The summed E-state index contributed by atoms with van der Waals surface area (Å²) >= 11 is 0. The number of hydrogen-bond acceptors (Lipinski definition) is 6. The van der Waals surface area contributed by atoms with E-state index in [1.54, 1.807) is 5.56 Å². The van der Waals surface area contributed by atoms with Crippen molar-refractivity contribution in [1.29, 1.82) is 0 Å². The first-order valence-corrected chi connectivity index (χ1v) is 24.9. The fourth-order valence-electron chi connectivity index (χ4n) is 13.1. The van der Waals surface area contributed by atoms with Crippen LogP contribution in [0.15, 0.2) is 206 Å². The van der Waals surface area contributed by atoms with Crippen LogP contribution >= 0.6 is 0 Å². The molecule has 2 aromatic heterocycles. The summed E-state index contributed by atoms with van der Waals surface area (Å²) in [7, 11) is 0. The molecule has 0 saturated heterocycles. The second kappa shape index (κ2) is 16.5. The standard InChI is InChI=1S/C64H48N6/c1-5-14-43(15-6-1)58-65-59(44-16-7-2-8-17-44)68-62(67-58)47-26-24-42(25-27-47)50-28-30-54-55-38-49(29-31-56(55)64(57(54)39-50)52-33-40-32-41(35-52)36-53(64)34-40)48-22-13-23-51(37-48)63-69-60(45-18-9-3-10-19-45)66-61(70-63)46-20-11-4-12-21-46/h1-31,37-41,52-53H,32-36H2. The van der Waals surface area contributed by atoms with Crippen molar-refractivity contribution < 1.29 is 0 Å². The predicted molar refractivity (Wildman–Crippen MR) is 280 cm³/mol. The maximum atomic E-state index is 5.07. The third-order valence-corrected chi connectivity index (χ3v) is 16.0. The Hall–Kier alpha value is -8.22. The molecule has 5 aliphatic carbocycles. The highest BCUT2D eigenvalue weighted by molar-refractivity contribution is 5.88. The van der Waals surface area contributed by atoms with Gasteiger partial charge in [-0.3, -0.25) is 0 Å². The molecule has 4 saturated carbocycles. The molecule has 4 fully saturated rings. The Labute approximate surface area is 408 Å². The Morgan fingerprint density at radius 3 is 1.10 bits per heavy atom. The largest absolute Gasteiger partial charge is 0.208 e. The molecule has 0 atom stereocenters. The van der Waals surface area contributed by atoms with Crippen LogP contribution in [0.1, 0.15) is 43.2 Å². The van der Waals surface area contributed by atoms with Crippen molar-refractivity contribution in [2.75, 3.05) is 0 Å². The summed E-state index contributed by atoms with van der Waals surface area (Å²) in [5.74, 6) is 7.02. The maximum Gasteiger partial charge on any atom is 0.164 e. The molecule has 6 nitrogen and oxygen atoms in total. The van der Waals surface area contributed by atoms with Crippen LogP contribution in [-0.2, 0) is 5.41 Å². The molecule has 0 N–H and O–H groups in total. The molecule has 10 aromatic rings. The monoisotopic (exact) mass is 900 g/mol. The molecule has 1 spiro atoms. The van der Waals surface area contributed by atoms with Crippen LogP contribution in [0.5, 0.6) is 0 Å². The van der Waals surface area contributed by atoms with E-state index in [-0.39, 0.29) is 5.41 Å². The maximum absolute atomic E-state index is 5.07. The Kier molecular flexibility index (Phi) is 9.61. The summed E-state index contributed by atoms with van der Waals surface area (Å²) in [4.78, 5) is 30.1. The second-order valence-electron chi connectivity index (χ2n) is 19.9. The Balaban J connectivity index is 0.846. The number of fused-ring (bicyclic) bond motifs is 3. The molecule has 15 rings (SSSR count). The first-order chi connectivity index (χ1) is 34.6. The minimum atomic E-state index is 0.0214. The van der Waals surface area contributed by atoms with Gasteiger partial charge in [0.25, 0.3) is 0 Å². The van der Waals surface area contributed by atoms with Gasteiger partial charge in [-0.2, -0.15) is 0 Å². The normalized spacial score (nSPS) is 20.3. The zero-order valence-electron chi connectivity index (χ0n) is 38.7. The van der Waals surface area contributed by atoms with E-state index in [0.29, 0.717) is 46.8 Å². The smallest absolute Gasteiger partial charge is 0.164 e. The van der Waals surface area contributed by atoms with Gasteiger partial charge in [0.1, 0.15) is 0 Å². The van der Waals surface area contributed by atoms with Gasteiger partial charge in [-0.15, -0.1) is 0 Å². The summed E-state index contributed by atoms with van der Waals surface area (Å²) < 4.78 is 0. The molecule has 2 heterocycles. The number of benzene rings is 8. The van der Waals surface area contributed by atoms with Crippen molar-refractivity contribution in [2.24, 2.45) is 23.7 Å². The lowest BCUT2D eigenvalue weighted by molar-refractivity contribution is -0.0399. The van der Waals surface area contributed by atoms with Gasteiger partial charge in [-0.05, 0) is 118 Å². The highest BCUT2D eigenvalue weighted by atomic mass is 15.0. The average Bonchev–Trinajstić information content (AvgIpc) is 3.72. The van der Waals surface area contributed by atoms with E-state index in [9.17, 15) is 0 Å². The van der Waals surface area contributed by atoms with Crippen molar-refractivity contribution in [3.05, 3.63) is 217 Å². The highest BCUT2D eigenvalue weighted by Crippen LogP contribution is 2.69. The predicted octanol–water partition coefficient (Wildman–Crippen LogP) is 15.1. The molecule has 0 unspecified atom stereocenters. The van der Waals surface area contributed by atoms with Crippen molar-refractivity contribution >= 4 is 0 Å². The SMILES string of the molecule is c1ccc(-c2nc(-c3ccccc3)nc(-c3ccc(-c4ccc5c(c4)C4(c6ccc(-c7cccc(-c8nc(-c9ccccc9)nc(-c9ccccc9)n8)c7)cc6-5)C5CC6CC(C5)CC4C6)cc3)n2)cc1. The first-order valence-electron chi connectivity index (χ1n) is 24.9. The fraction of sp³-hybridized carbons (Fsp3) is 0.156. The van der Waals surface area contributed by atoms with Gasteiger partial charge in [-0.1, -0.05) is 188 Å². The van der Waals surface area contributed by atoms with Crippen molar-refractivity contribution in [2.45, 2.75) is 37.5 Å². The molecule has 0 amide bonds. The second-order valence-corrected chi connectivity index (χ2v) is 19.9. The summed E-state index contributed by atoms with van der Waals surface area (Å²) in [5.41, 5.74) is 16.5. The molecule has 0 aliphatic heterocycles. The van der Waals surface area contributed by atoms with Crippen LogP contribution in [0, 0.1) is 23.7 Å². The van der Waals surface area contributed by atoms with Crippen molar-refractivity contribution in [1.82, 2.24) is 29.9 Å². The average molecular weight is 901 g/mol. The zero-order valence-corrected chi connectivity index (χ0v) is 38.7. The third kappa shape index (κ3) is 6.84. The lowest BCUT2D eigenvalue weighted by atomic mass is 9.43. The minimum absolute atomic E-state index is 0.0214. The Morgan fingerprint density at radius 2 is 0.614 bits per heavy atom. The van der Waals surface area contributed by atoms with E-state index in [1.807, 2.05) is 72.8 Å². The molecule has 0 radical (unpaired) electrons. The fourth-order valence-corrected chi connectivity index (χ4v) is 13.1. The highest BCUT2D eigenvalue weighted by Gasteiger charge is 2.61. The van der Waals surface area contributed by atoms with E-state index >= 15 is 0 Å². The van der Waals surface area contributed by atoms with E-state index in [4.69, 9.17) is 29.9 Å². The number of rotatable bonds is 8. The van der Waals surface area contributed by atoms with Crippen LogP contribution in [0.4, 0.5) is 0 Å². The quantitative estimate of drug-likeness (QED) is 0.151. The molecule has 6 heteroatoms. The number of nitrogens with zero attached hydrogens (tertiary/aromatic N) is 6. The van der Waals surface area contributed by atoms with Crippen LogP contribution in [-0.4, -0.2) is 29.9 Å². The van der Waals surface area contributed by atoms with Gasteiger partial charge >= 0.3 is 0 Å². The van der Waals surface area contributed by atoms with Gasteiger partial charge < -0.3 is 0 Å². The zero-order chi connectivity index (χ0) is 46.2. The first kappa shape index (κ1) is 40.8. The summed E-state index contributed by atoms with van der Waals surface area (Å²) in [6, 6.07) is 73.1. The number of aromatic nitrogens is 6. The van der Waals surface area contributed by atoms with E-state index in [0.717, 1.165) is 50.8 Å². The summed E-state index contributed by atoms with van der Waals surface area (Å²) in [6.07, 6.45) is 6.75. The van der Waals surface area contributed by atoms with Gasteiger partial charge in [-0.25, -0.2) is 29.9 Å². The molecule has 334 valence electrons. The molecule has 5 aliphatic rings. The molecule has 4 bridgehead atoms. The minimum Gasteiger partial charge on any atom is -0.208 e. The van der Waals surface area contributed by atoms with Gasteiger partial charge in [0.2, 0.25) is 0 Å². The molecule has 8 aromatic carbocycles. The summed E-state index contributed by atoms with van der Waals surface area (Å²) in [5, 5.41) is 0.